The van der Waals surface area contributed by atoms with E-state index >= 15 is 0 Å². The lowest BCUT2D eigenvalue weighted by molar-refractivity contribution is 0.490. The number of halogens is 1. The van der Waals surface area contributed by atoms with Crippen LogP contribution in [-0.4, -0.2) is 4.98 Å². The van der Waals surface area contributed by atoms with Crippen LogP contribution in [0.5, 0.6) is 0 Å². The Bertz CT molecular complexity index is 727. The molecule has 0 spiro atoms. The monoisotopic (exact) mass is 333 g/mol. The van der Waals surface area contributed by atoms with Crippen LogP contribution < -0.4 is 10.6 Å². The standard InChI is InChI=1S/C16H16ClN3OS/c1-11(15-7-4-8-21-15)20-14-6-3-2-5-13(14)18-9-12-10-19-16(17)22-12/h2-8,10-11,18,20H,9H2,1H3. The van der Waals surface area contributed by atoms with Crippen molar-refractivity contribution in [3.05, 3.63) is 64.0 Å². The van der Waals surface area contributed by atoms with Crippen LogP contribution in [0, 0.1) is 0 Å². The third kappa shape index (κ3) is 3.61. The minimum atomic E-state index is 0.0933. The lowest BCUT2D eigenvalue weighted by Gasteiger charge is -2.17. The normalized spacial score (nSPS) is 12.1. The molecule has 22 heavy (non-hydrogen) atoms. The van der Waals surface area contributed by atoms with E-state index in [1.54, 1.807) is 12.5 Å². The van der Waals surface area contributed by atoms with E-state index in [0.717, 1.165) is 22.0 Å². The molecule has 1 atom stereocenters. The van der Waals surface area contributed by atoms with Gasteiger partial charge in [-0.15, -0.1) is 11.3 Å². The van der Waals surface area contributed by atoms with Crippen LogP contribution >= 0.6 is 22.9 Å². The largest absolute Gasteiger partial charge is 0.467 e. The fraction of sp³-hybridized carbons (Fsp3) is 0.188. The SMILES string of the molecule is CC(Nc1ccccc1NCc1cnc(Cl)s1)c1ccco1. The topological polar surface area (TPSA) is 50.1 Å². The number of aromatic nitrogens is 1. The van der Waals surface area contributed by atoms with Gasteiger partial charge in [0.2, 0.25) is 0 Å². The maximum absolute atomic E-state index is 5.86. The molecule has 3 aromatic rings. The van der Waals surface area contributed by atoms with Crippen molar-refractivity contribution < 1.29 is 4.42 Å². The Labute approximate surface area is 138 Å². The van der Waals surface area contributed by atoms with Gasteiger partial charge in [-0.2, -0.15) is 0 Å². The smallest absolute Gasteiger partial charge is 0.183 e. The summed E-state index contributed by atoms with van der Waals surface area (Å²) in [5.41, 5.74) is 2.06. The van der Waals surface area contributed by atoms with Gasteiger partial charge in [-0.25, -0.2) is 4.98 Å². The second-order valence-electron chi connectivity index (χ2n) is 4.86. The summed E-state index contributed by atoms with van der Waals surface area (Å²) in [5, 5.41) is 6.87. The third-order valence-corrected chi connectivity index (χ3v) is 4.36. The molecule has 3 rings (SSSR count). The Morgan fingerprint density at radius 3 is 2.73 bits per heavy atom. The van der Waals surface area contributed by atoms with Crippen molar-refractivity contribution >= 4 is 34.3 Å². The van der Waals surface area contributed by atoms with Crippen molar-refractivity contribution in [2.24, 2.45) is 0 Å². The van der Waals surface area contributed by atoms with Crippen LogP contribution in [0.25, 0.3) is 0 Å². The van der Waals surface area contributed by atoms with Gasteiger partial charge in [0.25, 0.3) is 0 Å². The highest BCUT2D eigenvalue weighted by molar-refractivity contribution is 7.15. The van der Waals surface area contributed by atoms with Crippen molar-refractivity contribution in [2.45, 2.75) is 19.5 Å². The van der Waals surface area contributed by atoms with E-state index in [2.05, 4.69) is 22.5 Å². The zero-order valence-electron chi connectivity index (χ0n) is 12.0. The van der Waals surface area contributed by atoms with Crippen LogP contribution in [0.1, 0.15) is 23.6 Å². The van der Waals surface area contributed by atoms with E-state index in [9.17, 15) is 0 Å². The molecular formula is C16H16ClN3OS. The molecular weight excluding hydrogens is 318 g/mol. The highest BCUT2D eigenvalue weighted by Gasteiger charge is 2.10. The Morgan fingerprint density at radius 2 is 2.05 bits per heavy atom. The first-order valence-corrected chi connectivity index (χ1v) is 8.15. The van der Waals surface area contributed by atoms with Gasteiger partial charge in [0.15, 0.2) is 4.47 Å². The summed E-state index contributed by atoms with van der Waals surface area (Å²) in [4.78, 5) is 5.15. The average Bonchev–Trinajstić information content (AvgIpc) is 3.18. The van der Waals surface area contributed by atoms with Crippen LogP contribution in [0.2, 0.25) is 4.47 Å². The molecule has 0 radical (unpaired) electrons. The second-order valence-corrected chi connectivity index (χ2v) is 6.56. The molecule has 2 N–H and O–H groups in total. The molecule has 6 heteroatoms. The number of benzene rings is 1. The summed E-state index contributed by atoms with van der Waals surface area (Å²) < 4.78 is 6.00. The molecule has 4 nitrogen and oxygen atoms in total. The Hall–Kier alpha value is -1.98. The van der Waals surface area contributed by atoms with E-state index in [-0.39, 0.29) is 6.04 Å². The lowest BCUT2D eigenvalue weighted by Crippen LogP contribution is -2.08. The minimum Gasteiger partial charge on any atom is -0.467 e. The number of nitrogens with one attached hydrogen (secondary N) is 2. The molecule has 0 aliphatic heterocycles. The molecule has 114 valence electrons. The summed E-state index contributed by atoms with van der Waals surface area (Å²) >= 11 is 7.34. The van der Waals surface area contributed by atoms with Crippen LogP contribution in [0.15, 0.2) is 53.3 Å². The van der Waals surface area contributed by atoms with E-state index < -0.39 is 0 Å². The van der Waals surface area contributed by atoms with Crippen molar-refractivity contribution in [3.8, 4) is 0 Å². The number of thiazole rings is 1. The van der Waals surface area contributed by atoms with E-state index in [1.165, 1.54) is 11.3 Å². The summed E-state index contributed by atoms with van der Waals surface area (Å²) in [6.07, 6.45) is 3.48. The molecule has 0 bridgehead atoms. The van der Waals surface area contributed by atoms with Crippen molar-refractivity contribution in [1.29, 1.82) is 0 Å². The Morgan fingerprint density at radius 1 is 1.23 bits per heavy atom. The van der Waals surface area contributed by atoms with Crippen molar-refractivity contribution in [3.63, 3.8) is 0 Å². The first-order valence-electron chi connectivity index (χ1n) is 6.95. The molecule has 0 saturated carbocycles. The van der Waals surface area contributed by atoms with E-state index in [4.69, 9.17) is 16.0 Å². The molecule has 1 aromatic carbocycles. The van der Waals surface area contributed by atoms with Gasteiger partial charge < -0.3 is 15.1 Å². The fourth-order valence-electron chi connectivity index (χ4n) is 2.15. The highest BCUT2D eigenvalue weighted by atomic mass is 35.5. The number of anilines is 2. The molecule has 1 unspecified atom stereocenters. The van der Waals surface area contributed by atoms with Gasteiger partial charge in [0.1, 0.15) is 5.76 Å². The summed E-state index contributed by atoms with van der Waals surface area (Å²) in [5.74, 6) is 0.907. The number of hydrogen-bond acceptors (Lipinski definition) is 5. The molecule has 0 amide bonds. The van der Waals surface area contributed by atoms with Gasteiger partial charge in [0, 0.05) is 11.1 Å². The quantitative estimate of drug-likeness (QED) is 0.653. The molecule has 0 aliphatic rings. The average molecular weight is 334 g/mol. The first-order chi connectivity index (χ1) is 10.7. The predicted molar refractivity (Wildman–Crippen MR) is 91.6 cm³/mol. The number of furan rings is 1. The molecule has 0 fully saturated rings. The molecule has 2 aromatic heterocycles. The first kappa shape index (κ1) is 14.9. The van der Waals surface area contributed by atoms with Gasteiger partial charge in [0.05, 0.1) is 30.2 Å². The zero-order valence-corrected chi connectivity index (χ0v) is 13.6. The van der Waals surface area contributed by atoms with Crippen LogP contribution in [-0.2, 0) is 6.54 Å². The Balaban J connectivity index is 1.69. The fourth-order valence-corrected chi connectivity index (χ4v) is 3.07. The molecule has 0 aliphatic carbocycles. The summed E-state index contributed by atoms with van der Waals surface area (Å²) in [7, 11) is 0. The number of nitrogens with zero attached hydrogens (tertiary/aromatic N) is 1. The second kappa shape index (κ2) is 6.85. The van der Waals surface area contributed by atoms with Gasteiger partial charge in [-0.3, -0.25) is 0 Å². The molecule has 2 heterocycles. The van der Waals surface area contributed by atoms with Crippen molar-refractivity contribution in [2.75, 3.05) is 10.6 Å². The maximum Gasteiger partial charge on any atom is 0.183 e. The van der Waals surface area contributed by atoms with Crippen LogP contribution in [0.3, 0.4) is 0 Å². The molecule has 0 saturated heterocycles. The van der Waals surface area contributed by atoms with E-state index in [1.807, 2.05) is 36.4 Å². The van der Waals surface area contributed by atoms with Gasteiger partial charge in [-0.1, -0.05) is 23.7 Å². The van der Waals surface area contributed by atoms with Crippen molar-refractivity contribution in [1.82, 2.24) is 4.98 Å². The summed E-state index contributed by atoms with van der Waals surface area (Å²) in [6.45, 7) is 2.76. The maximum atomic E-state index is 5.86. The summed E-state index contributed by atoms with van der Waals surface area (Å²) in [6, 6.07) is 12.0. The van der Waals surface area contributed by atoms with Gasteiger partial charge in [-0.05, 0) is 31.2 Å². The number of para-hydroxylation sites is 2. The number of rotatable bonds is 6. The predicted octanol–water partition coefficient (Wildman–Crippen LogP) is 5.17. The third-order valence-electron chi connectivity index (χ3n) is 3.25. The van der Waals surface area contributed by atoms with E-state index in [0.29, 0.717) is 11.0 Å². The highest BCUT2D eigenvalue weighted by Crippen LogP contribution is 2.27. The lowest BCUT2D eigenvalue weighted by atomic mass is 10.2. The van der Waals surface area contributed by atoms with Gasteiger partial charge >= 0.3 is 0 Å². The Kier molecular flexibility index (Phi) is 4.65. The number of hydrogen-bond donors (Lipinski definition) is 2. The zero-order chi connectivity index (χ0) is 15.4. The van der Waals surface area contributed by atoms with Crippen LogP contribution in [0.4, 0.5) is 11.4 Å². The minimum absolute atomic E-state index is 0.0933.